The van der Waals surface area contributed by atoms with Crippen molar-refractivity contribution in [1.82, 2.24) is 10.2 Å². The van der Waals surface area contributed by atoms with Gasteiger partial charge in [0, 0.05) is 16.3 Å². The molecular weight excluding hydrogens is 316 g/mol. The van der Waals surface area contributed by atoms with Crippen molar-refractivity contribution in [3.8, 4) is 0 Å². The molecule has 4 nitrogen and oxygen atoms in total. The van der Waals surface area contributed by atoms with Crippen molar-refractivity contribution in [2.75, 3.05) is 19.7 Å². The van der Waals surface area contributed by atoms with Crippen LogP contribution in [0.1, 0.15) is 35.2 Å². The molecule has 1 fully saturated rings. The molecule has 118 valence electrons. The summed E-state index contributed by atoms with van der Waals surface area (Å²) in [7, 11) is 0. The Morgan fingerprint density at radius 2 is 2.23 bits per heavy atom. The molecule has 0 radical (unpaired) electrons. The van der Waals surface area contributed by atoms with E-state index in [1.54, 1.807) is 22.7 Å². The fourth-order valence-electron chi connectivity index (χ4n) is 2.58. The summed E-state index contributed by atoms with van der Waals surface area (Å²) in [4.78, 5) is 16.8. The number of thiophene rings is 2. The van der Waals surface area contributed by atoms with Gasteiger partial charge in [-0.3, -0.25) is 0 Å². The molecule has 2 aromatic heterocycles. The Balaban J connectivity index is 1.62. The molecule has 0 aliphatic carbocycles. The van der Waals surface area contributed by atoms with Crippen LogP contribution in [-0.2, 0) is 4.74 Å². The zero-order valence-corrected chi connectivity index (χ0v) is 14.2. The number of urea groups is 1. The average molecular weight is 336 g/mol. The van der Waals surface area contributed by atoms with Crippen molar-refractivity contribution in [2.45, 2.75) is 25.5 Å². The van der Waals surface area contributed by atoms with E-state index in [9.17, 15) is 4.79 Å². The molecule has 0 unspecified atom stereocenters. The third kappa shape index (κ3) is 3.51. The van der Waals surface area contributed by atoms with Crippen LogP contribution in [0.25, 0.3) is 0 Å². The van der Waals surface area contributed by atoms with Crippen molar-refractivity contribution in [3.05, 3.63) is 44.8 Å². The maximum atomic E-state index is 12.5. The second-order valence-corrected chi connectivity index (χ2v) is 7.21. The minimum absolute atomic E-state index is 0.00122. The maximum absolute atomic E-state index is 12.5. The second kappa shape index (κ2) is 7.26. The Labute approximate surface area is 138 Å². The Bertz CT molecular complexity index is 583. The normalized spacial score (nSPS) is 19.9. The standard InChI is InChI=1S/C16H20N2O2S2/c1-2-12(14-5-3-9-21-14)17-16(19)18-7-8-20-13(11-18)15-6-4-10-22-15/h3-6,9-10,12-13H,2,7-8,11H2,1H3,(H,17,19)/t12-,13-/m0/s1. The van der Waals surface area contributed by atoms with Crippen LogP contribution < -0.4 is 5.32 Å². The number of carbonyl (C=O) groups excluding carboxylic acids is 1. The third-order valence-electron chi connectivity index (χ3n) is 3.81. The monoisotopic (exact) mass is 336 g/mol. The van der Waals surface area contributed by atoms with Crippen molar-refractivity contribution in [3.63, 3.8) is 0 Å². The molecule has 2 aromatic rings. The highest BCUT2D eigenvalue weighted by Crippen LogP contribution is 2.27. The Morgan fingerprint density at radius 1 is 1.41 bits per heavy atom. The first-order valence-corrected chi connectivity index (χ1v) is 9.27. The molecule has 3 rings (SSSR count). The van der Waals surface area contributed by atoms with E-state index in [1.165, 1.54) is 9.75 Å². The maximum Gasteiger partial charge on any atom is 0.318 e. The number of rotatable bonds is 4. The van der Waals surface area contributed by atoms with Gasteiger partial charge < -0.3 is 15.0 Å². The van der Waals surface area contributed by atoms with Crippen LogP contribution in [0.5, 0.6) is 0 Å². The van der Waals surface area contributed by atoms with Crippen LogP contribution in [0.3, 0.4) is 0 Å². The molecule has 2 amide bonds. The number of ether oxygens (including phenoxy) is 1. The average Bonchev–Trinajstić information content (AvgIpc) is 3.25. The molecule has 0 spiro atoms. The van der Waals surface area contributed by atoms with Gasteiger partial charge in [-0.25, -0.2) is 4.79 Å². The zero-order chi connectivity index (χ0) is 15.4. The van der Waals surface area contributed by atoms with Crippen LogP contribution in [0.2, 0.25) is 0 Å². The lowest BCUT2D eigenvalue weighted by Gasteiger charge is -2.33. The van der Waals surface area contributed by atoms with Crippen LogP contribution in [0, 0.1) is 0 Å². The van der Waals surface area contributed by atoms with Gasteiger partial charge in [0.05, 0.1) is 19.2 Å². The fraction of sp³-hybridized carbons (Fsp3) is 0.438. The first kappa shape index (κ1) is 15.5. The highest BCUT2D eigenvalue weighted by molar-refractivity contribution is 7.10. The number of hydrogen-bond donors (Lipinski definition) is 1. The third-order valence-corrected chi connectivity index (χ3v) is 5.76. The van der Waals surface area contributed by atoms with E-state index in [4.69, 9.17) is 4.74 Å². The van der Waals surface area contributed by atoms with Gasteiger partial charge in [-0.05, 0) is 29.3 Å². The van der Waals surface area contributed by atoms with Crippen LogP contribution >= 0.6 is 22.7 Å². The van der Waals surface area contributed by atoms with E-state index in [0.717, 1.165) is 6.42 Å². The topological polar surface area (TPSA) is 41.6 Å². The van der Waals surface area contributed by atoms with E-state index in [1.807, 2.05) is 27.8 Å². The number of amides is 2. The molecule has 0 saturated carbocycles. The molecular formula is C16H20N2O2S2. The molecule has 1 N–H and O–H groups in total. The first-order chi connectivity index (χ1) is 10.8. The van der Waals surface area contributed by atoms with Gasteiger partial charge in [0.1, 0.15) is 6.10 Å². The number of carbonyl (C=O) groups is 1. The van der Waals surface area contributed by atoms with Crippen molar-refractivity contribution in [2.24, 2.45) is 0 Å². The van der Waals surface area contributed by atoms with Gasteiger partial charge in [-0.1, -0.05) is 19.1 Å². The molecule has 6 heteroatoms. The minimum Gasteiger partial charge on any atom is -0.369 e. The number of hydrogen-bond acceptors (Lipinski definition) is 4. The van der Waals surface area contributed by atoms with Crippen molar-refractivity contribution in [1.29, 1.82) is 0 Å². The Morgan fingerprint density at radius 3 is 2.91 bits per heavy atom. The highest BCUT2D eigenvalue weighted by Gasteiger charge is 2.27. The predicted molar refractivity (Wildman–Crippen MR) is 90.5 cm³/mol. The van der Waals surface area contributed by atoms with Gasteiger partial charge >= 0.3 is 6.03 Å². The molecule has 2 atom stereocenters. The predicted octanol–water partition coefficient (Wildman–Crippen LogP) is 4.04. The van der Waals surface area contributed by atoms with E-state index in [0.29, 0.717) is 19.7 Å². The summed E-state index contributed by atoms with van der Waals surface area (Å²) in [6, 6.07) is 8.29. The van der Waals surface area contributed by atoms with Gasteiger partial charge in [0.25, 0.3) is 0 Å². The van der Waals surface area contributed by atoms with Gasteiger partial charge in [0.15, 0.2) is 0 Å². The lowest BCUT2D eigenvalue weighted by atomic mass is 10.2. The van der Waals surface area contributed by atoms with Gasteiger partial charge in [0.2, 0.25) is 0 Å². The largest absolute Gasteiger partial charge is 0.369 e. The summed E-state index contributed by atoms with van der Waals surface area (Å²) >= 11 is 3.36. The summed E-state index contributed by atoms with van der Waals surface area (Å²) in [5.41, 5.74) is 0. The summed E-state index contributed by atoms with van der Waals surface area (Å²) < 4.78 is 5.80. The second-order valence-electron chi connectivity index (χ2n) is 5.25. The lowest BCUT2D eigenvalue weighted by molar-refractivity contribution is -0.0139. The van der Waals surface area contributed by atoms with E-state index in [2.05, 4.69) is 24.4 Å². The zero-order valence-electron chi connectivity index (χ0n) is 12.5. The van der Waals surface area contributed by atoms with E-state index < -0.39 is 0 Å². The first-order valence-electron chi connectivity index (χ1n) is 7.51. The molecule has 3 heterocycles. The number of morpholine rings is 1. The Kier molecular flexibility index (Phi) is 5.12. The molecule has 0 aromatic carbocycles. The smallest absolute Gasteiger partial charge is 0.318 e. The molecule has 1 aliphatic rings. The van der Waals surface area contributed by atoms with E-state index in [-0.39, 0.29) is 18.2 Å². The number of nitrogens with zero attached hydrogens (tertiary/aromatic N) is 1. The molecule has 0 bridgehead atoms. The fourth-order valence-corrected chi connectivity index (χ4v) is 4.21. The SMILES string of the molecule is CC[C@H](NC(=O)N1CCO[C@H](c2cccs2)C1)c1cccs1. The Hall–Kier alpha value is -1.37. The van der Waals surface area contributed by atoms with Crippen molar-refractivity contribution >= 4 is 28.7 Å². The minimum atomic E-state index is 0.00122. The molecule has 1 aliphatic heterocycles. The number of nitrogens with one attached hydrogen (secondary N) is 1. The van der Waals surface area contributed by atoms with Gasteiger partial charge in [-0.2, -0.15) is 0 Å². The molecule has 22 heavy (non-hydrogen) atoms. The summed E-state index contributed by atoms with van der Waals surface area (Å²) in [6.45, 7) is 3.95. The lowest BCUT2D eigenvalue weighted by Crippen LogP contribution is -2.47. The van der Waals surface area contributed by atoms with Crippen molar-refractivity contribution < 1.29 is 9.53 Å². The summed E-state index contributed by atoms with van der Waals surface area (Å²) in [5.74, 6) is 0. The van der Waals surface area contributed by atoms with Crippen LogP contribution in [0.4, 0.5) is 4.79 Å². The summed E-state index contributed by atoms with van der Waals surface area (Å²) in [6.07, 6.45) is 0.895. The highest BCUT2D eigenvalue weighted by atomic mass is 32.1. The molecule has 1 saturated heterocycles. The summed E-state index contributed by atoms with van der Waals surface area (Å²) in [5, 5.41) is 7.24. The van der Waals surface area contributed by atoms with Crippen LogP contribution in [-0.4, -0.2) is 30.6 Å². The quantitative estimate of drug-likeness (QED) is 0.915. The van der Waals surface area contributed by atoms with Crippen LogP contribution in [0.15, 0.2) is 35.0 Å². The van der Waals surface area contributed by atoms with Gasteiger partial charge in [-0.15, -0.1) is 22.7 Å². The van der Waals surface area contributed by atoms with E-state index >= 15 is 0 Å².